The van der Waals surface area contributed by atoms with Crippen LogP contribution in [0.4, 0.5) is 5.69 Å². The molecule has 0 aliphatic carbocycles. The molecule has 1 N–H and O–H groups in total. The van der Waals surface area contributed by atoms with E-state index in [2.05, 4.69) is 34.3 Å². The maximum Gasteiger partial charge on any atom is 0.161 e. The summed E-state index contributed by atoms with van der Waals surface area (Å²) in [4.78, 5) is 8.68. The lowest BCUT2D eigenvalue weighted by Gasteiger charge is -2.08. The second-order valence-electron chi connectivity index (χ2n) is 4.12. The molecule has 0 saturated heterocycles. The van der Waals surface area contributed by atoms with Gasteiger partial charge < -0.3 is 5.32 Å². The zero-order valence-electron chi connectivity index (χ0n) is 9.55. The molecule has 17 heavy (non-hydrogen) atoms. The number of rotatable bonds is 1. The fourth-order valence-electron chi connectivity index (χ4n) is 1.89. The molecule has 2 aromatic rings. The Kier molecular flexibility index (Phi) is 2.73. The fourth-order valence-corrected chi connectivity index (χ4v) is 2.80. The number of thioether (sulfide) groups is 1. The van der Waals surface area contributed by atoms with E-state index in [0.717, 1.165) is 22.0 Å². The lowest BCUT2D eigenvalue weighted by Crippen LogP contribution is -2.05. The minimum Gasteiger partial charge on any atom is -0.334 e. The highest BCUT2D eigenvalue weighted by molar-refractivity contribution is 8.14. The summed E-state index contributed by atoms with van der Waals surface area (Å²) in [6, 6.07) is 8.63. The van der Waals surface area contributed by atoms with Crippen LogP contribution in [0.2, 0.25) is 0 Å². The van der Waals surface area contributed by atoms with Crippen molar-refractivity contribution in [3.05, 3.63) is 36.7 Å². The van der Waals surface area contributed by atoms with Crippen molar-refractivity contribution in [3.63, 3.8) is 0 Å². The number of hydrogen-bond donors (Lipinski definition) is 1. The monoisotopic (exact) mass is 243 g/mol. The van der Waals surface area contributed by atoms with Gasteiger partial charge in [0.2, 0.25) is 0 Å². The topological polar surface area (TPSA) is 37.3 Å². The van der Waals surface area contributed by atoms with Gasteiger partial charge in [0.1, 0.15) is 0 Å². The van der Waals surface area contributed by atoms with Crippen LogP contribution < -0.4 is 5.32 Å². The zero-order valence-corrected chi connectivity index (χ0v) is 10.4. The molecule has 1 aliphatic rings. The Hall–Kier alpha value is -1.55. The molecule has 2 heterocycles. The first kappa shape index (κ1) is 10.6. The van der Waals surface area contributed by atoms with Crippen molar-refractivity contribution < 1.29 is 0 Å². The van der Waals surface area contributed by atoms with Crippen LogP contribution in [0.5, 0.6) is 0 Å². The van der Waals surface area contributed by atoms with Crippen LogP contribution in [0.1, 0.15) is 6.92 Å². The van der Waals surface area contributed by atoms with E-state index in [-0.39, 0.29) is 0 Å². The molecule has 0 spiro atoms. The molecule has 3 rings (SSSR count). The number of aliphatic imine (C=N–C) groups is 1. The molecular weight excluding hydrogens is 230 g/mol. The number of amidine groups is 1. The summed E-state index contributed by atoms with van der Waals surface area (Å²) in [6.45, 7) is 2.13. The Labute approximate surface area is 104 Å². The summed E-state index contributed by atoms with van der Waals surface area (Å²) in [5.41, 5.74) is 1.10. The lowest BCUT2D eigenvalue weighted by molar-refractivity contribution is 0.865. The molecule has 1 aromatic carbocycles. The van der Waals surface area contributed by atoms with Gasteiger partial charge in [-0.2, -0.15) is 0 Å². The van der Waals surface area contributed by atoms with Crippen molar-refractivity contribution in [2.45, 2.75) is 13.0 Å². The molecule has 0 fully saturated rings. The predicted molar refractivity (Wildman–Crippen MR) is 74.7 cm³/mol. The molecule has 1 atom stereocenters. The van der Waals surface area contributed by atoms with Crippen LogP contribution >= 0.6 is 11.8 Å². The second kappa shape index (κ2) is 4.37. The van der Waals surface area contributed by atoms with E-state index in [1.54, 1.807) is 11.8 Å². The Bertz CT molecular complexity index is 574. The van der Waals surface area contributed by atoms with Crippen LogP contribution in [0, 0.1) is 0 Å². The van der Waals surface area contributed by atoms with Gasteiger partial charge >= 0.3 is 0 Å². The van der Waals surface area contributed by atoms with Crippen molar-refractivity contribution in [2.24, 2.45) is 4.99 Å². The number of pyridine rings is 1. The second-order valence-corrected chi connectivity index (χ2v) is 5.13. The predicted octanol–water partition coefficient (Wildman–Crippen LogP) is 3.14. The van der Waals surface area contributed by atoms with Crippen LogP contribution in [0.3, 0.4) is 0 Å². The maximum atomic E-state index is 4.54. The maximum absolute atomic E-state index is 4.54. The summed E-state index contributed by atoms with van der Waals surface area (Å²) in [7, 11) is 0. The van der Waals surface area contributed by atoms with E-state index < -0.39 is 0 Å². The Morgan fingerprint density at radius 2 is 2.29 bits per heavy atom. The number of hydrogen-bond acceptors (Lipinski definition) is 4. The average Bonchev–Trinajstić information content (AvgIpc) is 2.75. The molecule has 3 nitrogen and oxygen atoms in total. The molecular formula is C13H13N3S. The summed E-state index contributed by atoms with van der Waals surface area (Å²) in [6.07, 6.45) is 3.70. The highest BCUT2D eigenvalue weighted by atomic mass is 32.2. The van der Waals surface area contributed by atoms with Crippen LogP contribution in [0.25, 0.3) is 10.8 Å². The molecule has 0 amide bonds. The van der Waals surface area contributed by atoms with Crippen LogP contribution in [-0.2, 0) is 0 Å². The van der Waals surface area contributed by atoms with Gasteiger partial charge in [0.25, 0.3) is 0 Å². The van der Waals surface area contributed by atoms with E-state index in [1.807, 2.05) is 24.5 Å². The smallest absolute Gasteiger partial charge is 0.161 e. The summed E-state index contributed by atoms with van der Waals surface area (Å²) in [5, 5.41) is 6.75. The van der Waals surface area contributed by atoms with Gasteiger partial charge in [-0.15, -0.1) is 0 Å². The Balaban J connectivity index is 1.98. The first-order valence-electron chi connectivity index (χ1n) is 5.63. The third kappa shape index (κ3) is 2.13. The van der Waals surface area contributed by atoms with Crippen molar-refractivity contribution in [1.29, 1.82) is 0 Å². The van der Waals surface area contributed by atoms with Crippen LogP contribution in [0.15, 0.2) is 41.7 Å². The molecule has 86 valence electrons. The third-order valence-corrected chi connectivity index (χ3v) is 3.85. The highest BCUT2D eigenvalue weighted by Crippen LogP contribution is 2.25. The minimum absolute atomic E-state index is 0.416. The van der Waals surface area contributed by atoms with Gasteiger partial charge in [-0.05, 0) is 19.1 Å². The summed E-state index contributed by atoms with van der Waals surface area (Å²) >= 11 is 1.78. The van der Waals surface area contributed by atoms with E-state index >= 15 is 0 Å². The van der Waals surface area contributed by atoms with Gasteiger partial charge in [-0.25, -0.2) is 0 Å². The number of anilines is 1. The average molecular weight is 243 g/mol. The normalized spacial score (nSPS) is 19.4. The number of aromatic nitrogens is 1. The van der Waals surface area contributed by atoms with Crippen molar-refractivity contribution in [2.75, 3.05) is 11.1 Å². The molecule has 4 heteroatoms. The highest BCUT2D eigenvalue weighted by Gasteiger charge is 2.14. The number of fused-ring (bicyclic) bond motifs is 1. The van der Waals surface area contributed by atoms with Gasteiger partial charge in [0.05, 0.1) is 6.04 Å². The van der Waals surface area contributed by atoms with Gasteiger partial charge in [-0.1, -0.05) is 23.9 Å². The van der Waals surface area contributed by atoms with Gasteiger partial charge in [0.15, 0.2) is 5.17 Å². The van der Waals surface area contributed by atoms with Gasteiger partial charge in [-0.3, -0.25) is 9.98 Å². The summed E-state index contributed by atoms with van der Waals surface area (Å²) in [5.74, 6) is 1.06. The number of benzene rings is 1. The van der Waals surface area contributed by atoms with E-state index in [0.29, 0.717) is 6.04 Å². The SMILES string of the molecule is CC1CSC(Nc2cccc3cnccc23)=N1. The zero-order chi connectivity index (χ0) is 11.7. The quantitative estimate of drug-likeness (QED) is 0.836. The minimum atomic E-state index is 0.416. The Morgan fingerprint density at radius 1 is 1.35 bits per heavy atom. The molecule has 0 bridgehead atoms. The first-order chi connectivity index (χ1) is 8.33. The number of nitrogens with zero attached hydrogens (tertiary/aromatic N) is 2. The van der Waals surface area contributed by atoms with Crippen molar-refractivity contribution in [3.8, 4) is 0 Å². The third-order valence-electron chi connectivity index (χ3n) is 2.72. The molecule has 0 radical (unpaired) electrons. The van der Waals surface area contributed by atoms with Crippen LogP contribution in [-0.4, -0.2) is 21.9 Å². The van der Waals surface area contributed by atoms with E-state index in [1.165, 1.54) is 5.39 Å². The van der Waals surface area contributed by atoms with E-state index in [4.69, 9.17) is 0 Å². The largest absolute Gasteiger partial charge is 0.334 e. The standard InChI is InChI=1S/C13H13N3S/c1-9-8-17-13(15-9)16-12-4-2-3-10-7-14-6-5-11(10)12/h2-7,9H,8H2,1H3,(H,15,16). The van der Waals surface area contributed by atoms with E-state index in [9.17, 15) is 0 Å². The summed E-state index contributed by atoms with van der Waals surface area (Å²) < 4.78 is 0. The van der Waals surface area contributed by atoms with Gasteiger partial charge in [0, 0.05) is 34.6 Å². The first-order valence-corrected chi connectivity index (χ1v) is 6.62. The molecule has 1 aliphatic heterocycles. The molecule has 1 aromatic heterocycles. The van der Waals surface area contributed by atoms with Crippen molar-refractivity contribution >= 4 is 33.4 Å². The number of nitrogens with one attached hydrogen (secondary N) is 1. The molecule has 0 saturated carbocycles. The fraction of sp³-hybridized carbons (Fsp3) is 0.231. The van der Waals surface area contributed by atoms with Crippen molar-refractivity contribution in [1.82, 2.24) is 4.98 Å². The lowest BCUT2D eigenvalue weighted by atomic mass is 10.1. The molecule has 1 unspecified atom stereocenters. The Morgan fingerprint density at radius 3 is 3.12 bits per heavy atom.